The van der Waals surface area contributed by atoms with Crippen LogP contribution < -0.4 is 5.32 Å². The number of nitrogens with zero attached hydrogens (tertiary/aromatic N) is 1. The maximum atomic E-state index is 12.4. The molecule has 0 radical (unpaired) electrons. The summed E-state index contributed by atoms with van der Waals surface area (Å²) >= 11 is 0. The van der Waals surface area contributed by atoms with Gasteiger partial charge in [-0.3, -0.25) is 9.59 Å². The molecule has 1 N–H and O–H groups in total. The minimum absolute atomic E-state index is 0.0417. The summed E-state index contributed by atoms with van der Waals surface area (Å²) < 4.78 is 30.6. The zero-order valence-electron chi connectivity index (χ0n) is 16.6. The van der Waals surface area contributed by atoms with Crippen LogP contribution in [0, 0.1) is 6.92 Å². The van der Waals surface area contributed by atoms with Crippen molar-refractivity contribution < 1.29 is 27.5 Å². The molecule has 154 valence electrons. The lowest BCUT2D eigenvalue weighted by Crippen LogP contribution is -2.23. The monoisotopic (exact) mass is 418 g/mol. The van der Waals surface area contributed by atoms with Crippen molar-refractivity contribution in [3.05, 3.63) is 59.2 Å². The van der Waals surface area contributed by atoms with Crippen LogP contribution in [0.25, 0.3) is 0 Å². The van der Waals surface area contributed by atoms with E-state index in [4.69, 9.17) is 4.74 Å². The van der Waals surface area contributed by atoms with E-state index in [-0.39, 0.29) is 16.4 Å². The van der Waals surface area contributed by atoms with Gasteiger partial charge in [-0.25, -0.2) is 17.5 Å². The van der Waals surface area contributed by atoms with Gasteiger partial charge in [0.25, 0.3) is 0 Å². The van der Waals surface area contributed by atoms with Crippen molar-refractivity contribution in [2.24, 2.45) is 0 Å². The summed E-state index contributed by atoms with van der Waals surface area (Å²) in [7, 11) is -0.924. The van der Waals surface area contributed by atoms with Gasteiger partial charge in [-0.1, -0.05) is 6.07 Å². The smallest absolute Gasteiger partial charge is 0.338 e. The van der Waals surface area contributed by atoms with Crippen LogP contribution in [0.5, 0.6) is 0 Å². The highest BCUT2D eigenvalue weighted by molar-refractivity contribution is 7.89. The van der Waals surface area contributed by atoms with Crippen LogP contribution in [0.1, 0.15) is 33.2 Å². The normalized spacial score (nSPS) is 11.2. The van der Waals surface area contributed by atoms with Crippen LogP contribution in [0.3, 0.4) is 0 Å². The number of Topliss-reactive ketones (excluding diaryl/α,β-unsaturated/α-hetero) is 1. The lowest BCUT2D eigenvalue weighted by atomic mass is 10.1. The van der Waals surface area contributed by atoms with E-state index in [0.717, 1.165) is 4.31 Å². The Morgan fingerprint density at radius 2 is 1.66 bits per heavy atom. The molecule has 0 fully saturated rings. The molecule has 0 saturated heterocycles. The maximum absolute atomic E-state index is 12.4. The third-order valence-electron chi connectivity index (χ3n) is 4.07. The van der Waals surface area contributed by atoms with Crippen LogP contribution in [0.15, 0.2) is 47.4 Å². The molecule has 29 heavy (non-hydrogen) atoms. The molecular formula is C20H22N2O6S. The Morgan fingerprint density at radius 3 is 2.21 bits per heavy atom. The highest BCUT2D eigenvalue weighted by Crippen LogP contribution is 2.19. The summed E-state index contributed by atoms with van der Waals surface area (Å²) in [4.78, 5) is 35.6. The number of rotatable bonds is 7. The molecule has 0 aliphatic heterocycles. The Bertz CT molecular complexity index is 1040. The highest BCUT2D eigenvalue weighted by atomic mass is 32.2. The lowest BCUT2D eigenvalue weighted by Gasteiger charge is -2.13. The Hall–Kier alpha value is -3.04. The number of nitrogens with one attached hydrogen (secondary N) is 1. The summed E-state index contributed by atoms with van der Waals surface area (Å²) in [6, 6.07) is 10.3. The number of hydrogen-bond donors (Lipinski definition) is 1. The summed E-state index contributed by atoms with van der Waals surface area (Å²) in [6.07, 6.45) is 0. The predicted octanol–water partition coefficient (Wildman–Crippen LogP) is 2.24. The summed E-state index contributed by atoms with van der Waals surface area (Å²) in [5.41, 5.74) is 1.45. The van der Waals surface area contributed by atoms with Crippen molar-refractivity contribution in [2.75, 3.05) is 26.0 Å². The maximum Gasteiger partial charge on any atom is 0.338 e. The minimum atomic E-state index is -3.71. The molecule has 0 saturated carbocycles. The van der Waals surface area contributed by atoms with Crippen molar-refractivity contribution in [1.29, 1.82) is 0 Å². The van der Waals surface area contributed by atoms with Gasteiger partial charge in [-0.15, -0.1) is 0 Å². The number of amides is 1. The van der Waals surface area contributed by atoms with Crippen LogP contribution in [0.2, 0.25) is 0 Å². The molecule has 0 aliphatic carbocycles. The predicted molar refractivity (Wildman–Crippen MR) is 107 cm³/mol. The van der Waals surface area contributed by atoms with Crippen LogP contribution in [0.4, 0.5) is 5.69 Å². The molecule has 0 atom stereocenters. The van der Waals surface area contributed by atoms with Crippen molar-refractivity contribution in [2.45, 2.75) is 18.7 Å². The van der Waals surface area contributed by atoms with Gasteiger partial charge in [0.05, 0.1) is 10.5 Å². The second-order valence-corrected chi connectivity index (χ2v) is 8.67. The van der Waals surface area contributed by atoms with Crippen LogP contribution >= 0.6 is 0 Å². The average Bonchev–Trinajstić information content (AvgIpc) is 2.66. The van der Waals surface area contributed by atoms with E-state index in [2.05, 4.69) is 5.32 Å². The molecule has 0 unspecified atom stereocenters. The lowest BCUT2D eigenvalue weighted by molar-refractivity contribution is -0.114. The first-order chi connectivity index (χ1) is 13.5. The van der Waals surface area contributed by atoms with Gasteiger partial charge in [0, 0.05) is 32.3 Å². The number of ether oxygens (including phenoxy) is 1. The molecule has 2 rings (SSSR count). The molecule has 0 aliphatic rings. The van der Waals surface area contributed by atoms with E-state index >= 15 is 0 Å². The van der Waals surface area contributed by atoms with Crippen LogP contribution in [-0.4, -0.2) is 51.1 Å². The topological polar surface area (TPSA) is 110 Å². The van der Waals surface area contributed by atoms with Gasteiger partial charge < -0.3 is 10.1 Å². The fourth-order valence-electron chi connectivity index (χ4n) is 2.43. The Morgan fingerprint density at radius 1 is 1.03 bits per heavy atom. The fourth-order valence-corrected chi connectivity index (χ4v) is 3.36. The molecule has 2 aromatic rings. The zero-order valence-corrected chi connectivity index (χ0v) is 17.4. The molecule has 0 aromatic heterocycles. The third-order valence-corrected chi connectivity index (χ3v) is 5.88. The van der Waals surface area contributed by atoms with E-state index in [1.54, 1.807) is 19.1 Å². The summed E-state index contributed by atoms with van der Waals surface area (Å²) in [5, 5.41) is 2.59. The Labute approximate surface area is 169 Å². The van der Waals surface area contributed by atoms with Gasteiger partial charge in [0.2, 0.25) is 15.9 Å². The number of aryl methyl sites for hydroxylation is 1. The first-order valence-corrected chi connectivity index (χ1v) is 10.1. The molecule has 0 bridgehead atoms. The van der Waals surface area contributed by atoms with Gasteiger partial charge >= 0.3 is 5.97 Å². The largest absolute Gasteiger partial charge is 0.454 e. The standard InChI is InChI=1S/C20H22N2O6S/c1-13-5-10-17(29(26,27)22(3)4)11-18(13)20(25)28-12-19(24)15-6-8-16(9-7-15)21-14(2)23/h5-11H,12H2,1-4H3,(H,21,23). The van der Waals surface area contributed by atoms with E-state index in [0.29, 0.717) is 16.8 Å². The van der Waals surface area contributed by atoms with E-state index < -0.39 is 28.4 Å². The number of benzene rings is 2. The first-order valence-electron chi connectivity index (χ1n) is 8.63. The second-order valence-electron chi connectivity index (χ2n) is 6.52. The van der Waals surface area contributed by atoms with Crippen molar-refractivity contribution in [1.82, 2.24) is 4.31 Å². The average molecular weight is 418 g/mol. The molecular weight excluding hydrogens is 396 g/mol. The zero-order chi connectivity index (χ0) is 21.8. The van der Waals surface area contributed by atoms with Crippen molar-refractivity contribution in [3.8, 4) is 0 Å². The second kappa shape index (κ2) is 8.97. The van der Waals surface area contributed by atoms with Gasteiger partial charge in [-0.05, 0) is 48.9 Å². The van der Waals surface area contributed by atoms with Gasteiger partial charge in [0.15, 0.2) is 12.4 Å². The van der Waals surface area contributed by atoms with E-state index in [1.165, 1.54) is 51.4 Å². The number of carbonyl (C=O) groups excluding carboxylic acids is 3. The van der Waals surface area contributed by atoms with Gasteiger partial charge in [-0.2, -0.15) is 0 Å². The molecule has 2 aromatic carbocycles. The molecule has 8 nitrogen and oxygen atoms in total. The number of sulfonamides is 1. The first kappa shape index (κ1) is 22.3. The summed E-state index contributed by atoms with van der Waals surface area (Å²) in [6.45, 7) is 2.52. The molecule has 0 spiro atoms. The Kier molecular flexibility index (Phi) is 6.89. The number of ketones is 1. The third kappa shape index (κ3) is 5.49. The molecule has 0 heterocycles. The van der Waals surface area contributed by atoms with E-state index in [9.17, 15) is 22.8 Å². The van der Waals surface area contributed by atoms with Crippen LogP contribution in [-0.2, 0) is 19.6 Å². The minimum Gasteiger partial charge on any atom is -0.454 e. The summed E-state index contributed by atoms with van der Waals surface area (Å²) in [5.74, 6) is -1.45. The van der Waals surface area contributed by atoms with Crippen molar-refractivity contribution >= 4 is 33.4 Å². The quantitative estimate of drug-likeness (QED) is 0.545. The van der Waals surface area contributed by atoms with Gasteiger partial charge in [0.1, 0.15) is 0 Å². The highest BCUT2D eigenvalue weighted by Gasteiger charge is 2.21. The number of esters is 1. The number of carbonyl (C=O) groups is 3. The number of hydrogen-bond acceptors (Lipinski definition) is 6. The molecule has 9 heteroatoms. The number of anilines is 1. The Balaban J connectivity index is 2.11. The fraction of sp³-hybridized carbons (Fsp3) is 0.250. The molecule has 1 amide bonds. The van der Waals surface area contributed by atoms with E-state index in [1.807, 2.05) is 0 Å². The van der Waals surface area contributed by atoms with Crippen molar-refractivity contribution in [3.63, 3.8) is 0 Å². The SMILES string of the molecule is CC(=O)Nc1ccc(C(=O)COC(=O)c2cc(S(=O)(=O)N(C)C)ccc2C)cc1.